The van der Waals surface area contributed by atoms with Gasteiger partial charge in [0.25, 0.3) is 0 Å². The Morgan fingerprint density at radius 3 is 2.45 bits per heavy atom. The number of nitrogens with zero attached hydrogens (tertiary/aromatic N) is 3. The summed E-state index contributed by atoms with van der Waals surface area (Å²) in [5, 5.41) is 11.8. The first kappa shape index (κ1) is 22.2. The zero-order valence-corrected chi connectivity index (χ0v) is 19.3. The summed E-state index contributed by atoms with van der Waals surface area (Å²) in [5.74, 6) is 0.0181. The third-order valence-electron chi connectivity index (χ3n) is 7.09. The van der Waals surface area contributed by atoms with Crippen molar-refractivity contribution >= 4 is 16.9 Å². The van der Waals surface area contributed by atoms with Crippen LogP contribution in [0.4, 0.5) is 0 Å². The minimum Gasteiger partial charge on any atom is -0.508 e. The molecule has 2 fully saturated rings. The summed E-state index contributed by atoms with van der Waals surface area (Å²) in [6.45, 7) is 8.94. The molecule has 2 aromatic rings. The quantitative estimate of drug-likeness (QED) is 0.695. The van der Waals surface area contributed by atoms with E-state index >= 15 is 0 Å². The first-order valence-electron chi connectivity index (χ1n) is 12.0. The van der Waals surface area contributed by atoms with Crippen molar-refractivity contribution in [2.75, 3.05) is 39.8 Å². The number of phenols is 1. The van der Waals surface area contributed by atoms with Crippen molar-refractivity contribution < 1.29 is 14.6 Å². The van der Waals surface area contributed by atoms with Gasteiger partial charge >= 0.3 is 5.97 Å². The van der Waals surface area contributed by atoms with Crippen LogP contribution in [0.2, 0.25) is 0 Å². The van der Waals surface area contributed by atoms with E-state index in [1.807, 2.05) is 19.1 Å². The summed E-state index contributed by atoms with van der Waals surface area (Å²) in [4.78, 5) is 17.9. The molecule has 0 amide bonds. The zero-order chi connectivity index (χ0) is 22.0. The number of hydrogen-bond acceptors (Lipinski definition) is 5. The van der Waals surface area contributed by atoms with Crippen LogP contribution in [0.5, 0.6) is 5.75 Å². The summed E-state index contributed by atoms with van der Waals surface area (Å²) in [5.41, 5.74) is 3.68. The van der Waals surface area contributed by atoms with Crippen LogP contribution < -0.4 is 0 Å². The fourth-order valence-corrected chi connectivity index (χ4v) is 5.43. The van der Waals surface area contributed by atoms with Gasteiger partial charge in [0.05, 0.1) is 12.2 Å². The number of piperazine rings is 1. The predicted octanol–water partition coefficient (Wildman–Crippen LogP) is 4.34. The Morgan fingerprint density at radius 1 is 1.10 bits per heavy atom. The highest BCUT2D eigenvalue weighted by atomic mass is 16.5. The molecule has 1 aromatic carbocycles. The van der Waals surface area contributed by atoms with E-state index in [-0.39, 0.29) is 11.7 Å². The van der Waals surface area contributed by atoms with Crippen molar-refractivity contribution in [3.05, 3.63) is 29.0 Å². The van der Waals surface area contributed by atoms with E-state index in [0.717, 1.165) is 67.6 Å². The number of fused-ring (bicyclic) bond motifs is 1. The van der Waals surface area contributed by atoms with Crippen molar-refractivity contribution in [1.29, 1.82) is 0 Å². The largest absolute Gasteiger partial charge is 0.508 e. The SMILES string of the molecule is CCOC(=O)c1c(CC)n(C2CCCCC2)c2ccc(O)c(CN3CCN(C)CC3)c12. The van der Waals surface area contributed by atoms with Gasteiger partial charge in [-0.3, -0.25) is 4.90 Å². The molecular formula is C25H37N3O3. The first-order valence-corrected chi connectivity index (χ1v) is 12.0. The molecule has 0 atom stereocenters. The van der Waals surface area contributed by atoms with Crippen LogP contribution >= 0.6 is 0 Å². The number of esters is 1. The fraction of sp³-hybridized carbons (Fsp3) is 0.640. The summed E-state index contributed by atoms with van der Waals surface area (Å²) >= 11 is 0. The van der Waals surface area contributed by atoms with Crippen LogP contribution in [-0.2, 0) is 17.7 Å². The van der Waals surface area contributed by atoms with Crippen molar-refractivity contribution in [1.82, 2.24) is 14.4 Å². The lowest BCUT2D eigenvalue weighted by atomic mass is 9.95. The molecule has 170 valence electrons. The monoisotopic (exact) mass is 427 g/mol. The van der Waals surface area contributed by atoms with Gasteiger partial charge in [-0.25, -0.2) is 4.79 Å². The summed E-state index contributed by atoms with van der Waals surface area (Å²) in [7, 11) is 2.15. The Morgan fingerprint density at radius 2 is 1.81 bits per heavy atom. The standard InChI is InChI=1S/C25H37N3O3/c1-4-20-24(25(30)31-5-2)23-19(17-27-15-13-26(3)14-16-27)22(29)12-11-21(23)28(20)18-9-7-6-8-10-18/h11-12,18,29H,4-10,13-17H2,1-3H3. The molecule has 1 saturated heterocycles. The molecule has 31 heavy (non-hydrogen) atoms. The Balaban J connectivity index is 1.87. The third kappa shape index (κ3) is 4.33. The van der Waals surface area contributed by atoms with Crippen molar-refractivity contribution in [3.8, 4) is 5.75 Å². The highest BCUT2D eigenvalue weighted by Crippen LogP contribution is 2.40. The van der Waals surface area contributed by atoms with Crippen LogP contribution in [0.25, 0.3) is 10.9 Å². The smallest absolute Gasteiger partial charge is 0.340 e. The Hall–Kier alpha value is -2.05. The molecule has 1 N–H and O–H groups in total. The van der Waals surface area contributed by atoms with Crippen LogP contribution in [0.3, 0.4) is 0 Å². The summed E-state index contributed by atoms with van der Waals surface area (Å²) in [6, 6.07) is 4.24. The van der Waals surface area contributed by atoms with Gasteiger partial charge in [-0.1, -0.05) is 26.2 Å². The normalized spacial score (nSPS) is 19.2. The molecule has 6 nitrogen and oxygen atoms in total. The Bertz CT molecular complexity index is 922. The van der Waals surface area contributed by atoms with Gasteiger partial charge in [0.1, 0.15) is 5.75 Å². The van der Waals surface area contributed by atoms with Gasteiger partial charge < -0.3 is 19.3 Å². The Labute approximate surface area is 185 Å². The molecule has 0 radical (unpaired) electrons. The van der Waals surface area contributed by atoms with Crippen LogP contribution in [0, 0.1) is 0 Å². The maximum atomic E-state index is 13.2. The number of carbonyl (C=O) groups excluding carboxylic acids is 1. The van der Waals surface area contributed by atoms with Gasteiger partial charge in [-0.2, -0.15) is 0 Å². The fourth-order valence-electron chi connectivity index (χ4n) is 5.43. The second kappa shape index (κ2) is 9.61. The first-order chi connectivity index (χ1) is 15.0. The number of rotatable bonds is 6. The lowest BCUT2D eigenvalue weighted by Crippen LogP contribution is -2.43. The molecule has 1 aliphatic heterocycles. The number of aromatic nitrogens is 1. The number of ether oxygens (including phenoxy) is 1. The average Bonchev–Trinajstić information content (AvgIpc) is 3.12. The van der Waals surface area contributed by atoms with E-state index in [1.165, 1.54) is 19.3 Å². The van der Waals surface area contributed by atoms with Gasteiger partial charge in [-0.15, -0.1) is 0 Å². The number of aromatic hydroxyl groups is 1. The van der Waals surface area contributed by atoms with E-state index < -0.39 is 0 Å². The Kier molecular flexibility index (Phi) is 6.87. The van der Waals surface area contributed by atoms with E-state index in [2.05, 4.69) is 28.3 Å². The molecule has 4 rings (SSSR count). The van der Waals surface area contributed by atoms with Crippen molar-refractivity contribution in [3.63, 3.8) is 0 Å². The topological polar surface area (TPSA) is 57.9 Å². The van der Waals surface area contributed by atoms with E-state index in [4.69, 9.17) is 4.74 Å². The second-order valence-electron chi connectivity index (χ2n) is 9.09. The molecule has 0 spiro atoms. The minimum atomic E-state index is -0.260. The summed E-state index contributed by atoms with van der Waals surface area (Å²) < 4.78 is 7.93. The molecule has 2 heterocycles. The van der Waals surface area contributed by atoms with E-state index in [1.54, 1.807) is 0 Å². The van der Waals surface area contributed by atoms with E-state index in [0.29, 0.717) is 24.8 Å². The minimum absolute atomic E-state index is 0.260. The lowest BCUT2D eigenvalue weighted by molar-refractivity contribution is 0.0526. The predicted molar refractivity (Wildman–Crippen MR) is 124 cm³/mol. The zero-order valence-electron chi connectivity index (χ0n) is 19.3. The van der Waals surface area contributed by atoms with Crippen molar-refractivity contribution in [2.45, 2.75) is 65.0 Å². The number of benzene rings is 1. The molecule has 1 aliphatic carbocycles. The molecule has 0 bridgehead atoms. The number of likely N-dealkylation sites (N-methyl/N-ethyl adjacent to an activating group) is 1. The number of hydrogen-bond donors (Lipinski definition) is 1. The van der Waals surface area contributed by atoms with Crippen LogP contribution in [0.15, 0.2) is 12.1 Å². The van der Waals surface area contributed by atoms with Gasteiger partial charge in [0.15, 0.2) is 0 Å². The molecule has 6 heteroatoms. The van der Waals surface area contributed by atoms with Crippen molar-refractivity contribution in [2.24, 2.45) is 0 Å². The van der Waals surface area contributed by atoms with Crippen LogP contribution in [-0.4, -0.2) is 65.3 Å². The highest BCUT2D eigenvalue weighted by molar-refractivity contribution is 6.08. The number of phenolic OH excluding ortho intramolecular Hbond substituents is 1. The van der Waals surface area contributed by atoms with Gasteiger partial charge in [0.2, 0.25) is 0 Å². The maximum absolute atomic E-state index is 13.2. The van der Waals surface area contributed by atoms with Gasteiger partial charge in [0, 0.05) is 60.9 Å². The average molecular weight is 428 g/mol. The molecule has 0 unspecified atom stereocenters. The molecular weight excluding hydrogens is 390 g/mol. The van der Waals surface area contributed by atoms with E-state index in [9.17, 15) is 9.90 Å². The molecule has 1 saturated carbocycles. The van der Waals surface area contributed by atoms with Crippen LogP contribution in [0.1, 0.15) is 73.6 Å². The summed E-state index contributed by atoms with van der Waals surface area (Å²) in [6.07, 6.45) is 6.82. The number of carbonyl (C=O) groups is 1. The molecule has 2 aliphatic rings. The van der Waals surface area contributed by atoms with Gasteiger partial charge in [-0.05, 0) is 45.4 Å². The highest BCUT2D eigenvalue weighted by Gasteiger charge is 2.30. The maximum Gasteiger partial charge on any atom is 0.340 e. The third-order valence-corrected chi connectivity index (χ3v) is 7.09. The second-order valence-corrected chi connectivity index (χ2v) is 9.09. The molecule has 1 aromatic heterocycles. The lowest BCUT2D eigenvalue weighted by Gasteiger charge is -2.32.